The molecule has 0 atom stereocenters. The summed E-state index contributed by atoms with van der Waals surface area (Å²) < 4.78 is 12.1. The summed E-state index contributed by atoms with van der Waals surface area (Å²) in [7, 11) is 0. The van der Waals surface area contributed by atoms with Crippen molar-refractivity contribution in [3.8, 4) is 11.6 Å². The van der Waals surface area contributed by atoms with Crippen molar-refractivity contribution < 1.29 is 8.94 Å². The molecule has 0 aromatic carbocycles. The van der Waals surface area contributed by atoms with Gasteiger partial charge in [-0.05, 0) is 25.1 Å². The average molecular weight is 288 g/mol. The van der Waals surface area contributed by atoms with Crippen molar-refractivity contribution in [2.24, 2.45) is 0 Å². The molecular weight excluding hydrogens is 272 g/mol. The molecule has 3 rings (SSSR count). The van der Waals surface area contributed by atoms with E-state index in [9.17, 15) is 0 Å². The quantitative estimate of drug-likeness (QED) is 0.658. The van der Waals surface area contributed by atoms with Crippen molar-refractivity contribution in [3.63, 3.8) is 0 Å². The monoisotopic (exact) mass is 288 g/mol. The van der Waals surface area contributed by atoms with Gasteiger partial charge in [-0.3, -0.25) is 0 Å². The maximum Gasteiger partial charge on any atom is 0.248 e. The molecule has 0 radical (unpaired) electrons. The third-order valence-corrected chi connectivity index (χ3v) is 2.83. The standard InChI is InChI=1S/C13H16N6O2/c1-2-5-14-7-10-8-19(18-16-10)9-12-15-13(17-21-12)11-4-3-6-20-11/h3-4,6,8,14H,2,5,7,9H2,1H3. The minimum Gasteiger partial charge on any atom is -0.461 e. The van der Waals surface area contributed by atoms with Gasteiger partial charge in [-0.2, -0.15) is 4.98 Å². The number of nitrogens with one attached hydrogen (secondary N) is 1. The lowest BCUT2D eigenvalue weighted by molar-refractivity contribution is 0.363. The first kappa shape index (κ1) is 13.5. The Morgan fingerprint density at radius 3 is 3.14 bits per heavy atom. The van der Waals surface area contributed by atoms with Gasteiger partial charge in [-0.15, -0.1) is 5.10 Å². The Morgan fingerprint density at radius 1 is 1.38 bits per heavy atom. The number of hydrogen-bond donors (Lipinski definition) is 1. The van der Waals surface area contributed by atoms with E-state index in [1.165, 1.54) is 0 Å². The van der Waals surface area contributed by atoms with Crippen LogP contribution in [0.5, 0.6) is 0 Å². The van der Waals surface area contributed by atoms with E-state index >= 15 is 0 Å². The van der Waals surface area contributed by atoms with Crippen LogP contribution in [0.15, 0.2) is 33.5 Å². The van der Waals surface area contributed by atoms with E-state index in [1.54, 1.807) is 23.1 Å². The van der Waals surface area contributed by atoms with Gasteiger partial charge in [-0.1, -0.05) is 17.3 Å². The highest BCUT2D eigenvalue weighted by Gasteiger charge is 2.12. The van der Waals surface area contributed by atoms with Gasteiger partial charge in [0.25, 0.3) is 0 Å². The molecule has 3 aromatic heterocycles. The molecule has 3 heterocycles. The molecule has 0 bridgehead atoms. The lowest BCUT2D eigenvalue weighted by Gasteiger charge is -1.97. The van der Waals surface area contributed by atoms with Crippen LogP contribution in [0.4, 0.5) is 0 Å². The third kappa shape index (κ3) is 3.34. The van der Waals surface area contributed by atoms with Gasteiger partial charge in [0.15, 0.2) is 5.76 Å². The second kappa shape index (κ2) is 6.31. The van der Waals surface area contributed by atoms with Gasteiger partial charge in [-0.25, -0.2) is 4.68 Å². The van der Waals surface area contributed by atoms with Gasteiger partial charge in [0.2, 0.25) is 11.7 Å². The van der Waals surface area contributed by atoms with Crippen LogP contribution in [0.25, 0.3) is 11.6 Å². The molecule has 8 heteroatoms. The smallest absolute Gasteiger partial charge is 0.248 e. The molecule has 110 valence electrons. The van der Waals surface area contributed by atoms with E-state index in [2.05, 4.69) is 32.7 Å². The highest BCUT2D eigenvalue weighted by molar-refractivity contribution is 5.44. The van der Waals surface area contributed by atoms with Crippen LogP contribution in [-0.4, -0.2) is 31.7 Å². The average Bonchev–Trinajstić information content (AvgIpc) is 3.20. The first-order valence-electron chi connectivity index (χ1n) is 6.81. The fourth-order valence-electron chi connectivity index (χ4n) is 1.85. The van der Waals surface area contributed by atoms with Gasteiger partial charge >= 0.3 is 0 Å². The summed E-state index contributed by atoms with van der Waals surface area (Å²) in [5.41, 5.74) is 0.884. The first-order chi connectivity index (χ1) is 10.3. The Morgan fingerprint density at radius 2 is 2.33 bits per heavy atom. The number of rotatable bonds is 7. The molecule has 21 heavy (non-hydrogen) atoms. The first-order valence-corrected chi connectivity index (χ1v) is 6.81. The van der Waals surface area contributed by atoms with E-state index < -0.39 is 0 Å². The van der Waals surface area contributed by atoms with Crippen LogP contribution in [0.2, 0.25) is 0 Å². The third-order valence-electron chi connectivity index (χ3n) is 2.83. The number of furan rings is 1. The van der Waals surface area contributed by atoms with Crippen LogP contribution < -0.4 is 5.32 Å². The predicted molar refractivity (Wildman–Crippen MR) is 73.1 cm³/mol. The van der Waals surface area contributed by atoms with Crippen molar-refractivity contribution in [2.75, 3.05) is 6.54 Å². The van der Waals surface area contributed by atoms with Gasteiger partial charge in [0.1, 0.15) is 6.54 Å². The van der Waals surface area contributed by atoms with E-state index in [-0.39, 0.29) is 0 Å². The molecule has 1 N–H and O–H groups in total. The summed E-state index contributed by atoms with van der Waals surface area (Å²) in [5, 5.41) is 15.3. The normalized spacial score (nSPS) is 11.1. The van der Waals surface area contributed by atoms with Crippen LogP contribution in [0.3, 0.4) is 0 Å². The Hall–Kier alpha value is -2.48. The van der Waals surface area contributed by atoms with Crippen molar-refractivity contribution in [3.05, 3.63) is 36.2 Å². The fraction of sp³-hybridized carbons (Fsp3) is 0.385. The summed E-state index contributed by atoms with van der Waals surface area (Å²) >= 11 is 0. The minimum atomic E-state index is 0.383. The Kier molecular flexibility index (Phi) is 4.06. The van der Waals surface area contributed by atoms with Gasteiger partial charge in [0.05, 0.1) is 18.2 Å². The molecule has 3 aromatic rings. The molecule has 0 saturated heterocycles. The van der Waals surface area contributed by atoms with Crippen molar-refractivity contribution in [1.29, 1.82) is 0 Å². The second-order valence-corrected chi connectivity index (χ2v) is 4.57. The topological polar surface area (TPSA) is 94.8 Å². The van der Waals surface area contributed by atoms with Crippen LogP contribution in [0, 0.1) is 0 Å². The maximum atomic E-state index is 5.21. The van der Waals surface area contributed by atoms with Crippen molar-refractivity contribution in [2.45, 2.75) is 26.4 Å². The molecule has 0 amide bonds. The molecule has 0 aliphatic heterocycles. The van der Waals surface area contributed by atoms with Gasteiger partial charge < -0.3 is 14.3 Å². The highest BCUT2D eigenvalue weighted by Crippen LogP contribution is 2.15. The summed E-state index contributed by atoms with van der Waals surface area (Å²) in [6.45, 7) is 4.17. The molecule has 0 fully saturated rings. The van der Waals surface area contributed by atoms with Crippen molar-refractivity contribution >= 4 is 0 Å². The van der Waals surface area contributed by atoms with Crippen molar-refractivity contribution in [1.82, 2.24) is 30.5 Å². The highest BCUT2D eigenvalue weighted by atomic mass is 16.5. The van der Waals surface area contributed by atoms with E-state index in [0.717, 1.165) is 18.7 Å². The van der Waals surface area contributed by atoms with E-state index in [1.807, 2.05) is 6.20 Å². The van der Waals surface area contributed by atoms with E-state index in [4.69, 9.17) is 8.94 Å². The summed E-state index contributed by atoms with van der Waals surface area (Å²) in [6.07, 6.45) is 4.52. The summed E-state index contributed by atoms with van der Waals surface area (Å²) in [5.74, 6) is 1.47. The van der Waals surface area contributed by atoms with E-state index in [0.29, 0.717) is 30.6 Å². The molecular formula is C13H16N6O2. The molecule has 0 aliphatic rings. The lowest BCUT2D eigenvalue weighted by atomic mass is 10.4. The molecule has 0 spiro atoms. The number of hydrogen-bond acceptors (Lipinski definition) is 7. The zero-order valence-electron chi connectivity index (χ0n) is 11.7. The Bertz CT molecular complexity index is 672. The zero-order chi connectivity index (χ0) is 14.5. The molecule has 0 saturated carbocycles. The zero-order valence-corrected chi connectivity index (χ0v) is 11.7. The molecule has 0 aliphatic carbocycles. The lowest BCUT2D eigenvalue weighted by Crippen LogP contribution is -2.13. The maximum absolute atomic E-state index is 5.21. The predicted octanol–water partition coefficient (Wildman–Crippen LogP) is 1.47. The number of aromatic nitrogens is 5. The summed E-state index contributed by atoms with van der Waals surface area (Å²) in [4.78, 5) is 4.26. The van der Waals surface area contributed by atoms with Crippen LogP contribution >= 0.6 is 0 Å². The Labute approximate surface area is 121 Å². The number of nitrogens with zero attached hydrogens (tertiary/aromatic N) is 5. The van der Waals surface area contributed by atoms with Crippen LogP contribution in [-0.2, 0) is 13.1 Å². The summed E-state index contributed by atoms with van der Waals surface area (Å²) in [6, 6.07) is 3.56. The van der Waals surface area contributed by atoms with Crippen LogP contribution in [0.1, 0.15) is 24.9 Å². The molecule has 0 unspecified atom stereocenters. The fourth-order valence-corrected chi connectivity index (χ4v) is 1.85. The van der Waals surface area contributed by atoms with Gasteiger partial charge in [0, 0.05) is 6.54 Å². The minimum absolute atomic E-state index is 0.383. The Balaban J connectivity index is 1.61. The molecule has 8 nitrogen and oxygen atoms in total. The SMILES string of the molecule is CCCNCc1cn(Cc2nc(-c3ccco3)no2)nn1. The second-order valence-electron chi connectivity index (χ2n) is 4.57. The largest absolute Gasteiger partial charge is 0.461 e.